The van der Waals surface area contributed by atoms with Gasteiger partial charge in [-0.25, -0.2) is 0 Å². The Kier molecular flexibility index (Phi) is 4.71. The molecule has 110 valence electrons. The van der Waals surface area contributed by atoms with Crippen molar-refractivity contribution in [3.8, 4) is 11.1 Å². The van der Waals surface area contributed by atoms with Crippen LogP contribution >= 0.6 is 0 Å². The molecule has 0 aliphatic carbocycles. The fourth-order valence-electron chi connectivity index (χ4n) is 2.57. The molecule has 22 heavy (non-hydrogen) atoms. The standard InChI is InChI=1S/C20H20OSi/c1-15(2)21-22-14-16-10-12-18(13-11-16)20-9-5-7-17-6-3-4-8-19(17)20/h3-13,15H,14H2,1-2H3. The number of hydrogen-bond acceptors (Lipinski definition) is 1. The molecule has 0 bridgehead atoms. The Labute approximate surface area is 134 Å². The number of benzene rings is 3. The lowest BCUT2D eigenvalue weighted by Gasteiger charge is -2.09. The van der Waals surface area contributed by atoms with E-state index in [9.17, 15) is 0 Å². The van der Waals surface area contributed by atoms with Crippen LogP contribution in [0.1, 0.15) is 19.4 Å². The molecule has 0 heterocycles. The van der Waals surface area contributed by atoms with Gasteiger partial charge in [0.1, 0.15) is 0 Å². The highest BCUT2D eigenvalue weighted by molar-refractivity contribution is 6.26. The molecule has 1 nitrogen and oxygen atoms in total. The molecule has 0 spiro atoms. The predicted molar refractivity (Wildman–Crippen MR) is 95.1 cm³/mol. The SMILES string of the molecule is CC(C)O[Si]Cc1ccc(-c2cccc3ccccc23)cc1. The zero-order chi connectivity index (χ0) is 15.4. The van der Waals surface area contributed by atoms with Gasteiger partial charge in [-0.1, -0.05) is 66.7 Å². The van der Waals surface area contributed by atoms with Crippen molar-refractivity contribution in [2.75, 3.05) is 0 Å². The minimum Gasteiger partial charge on any atom is -0.415 e. The van der Waals surface area contributed by atoms with Gasteiger partial charge < -0.3 is 4.43 Å². The third-order valence-corrected chi connectivity index (χ3v) is 4.84. The molecule has 0 aromatic heterocycles. The summed E-state index contributed by atoms with van der Waals surface area (Å²) in [4.78, 5) is 0. The molecule has 0 saturated carbocycles. The predicted octanol–water partition coefficient (Wildman–Crippen LogP) is 5.05. The van der Waals surface area contributed by atoms with Crippen LogP contribution in [0.3, 0.4) is 0 Å². The van der Waals surface area contributed by atoms with Gasteiger partial charge >= 0.3 is 0 Å². The molecule has 0 aliphatic heterocycles. The zero-order valence-corrected chi connectivity index (χ0v) is 14.0. The van der Waals surface area contributed by atoms with Crippen LogP contribution in [0.15, 0.2) is 66.7 Å². The second-order valence-electron chi connectivity index (χ2n) is 5.71. The van der Waals surface area contributed by atoms with Crippen molar-refractivity contribution in [3.05, 3.63) is 72.3 Å². The molecule has 2 radical (unpaired) electrons. The molecular weight excluding hydrogens is 284 g/mol. The van der Waals surface area contributed by atoms with E-state index >= 15 is 0 Å². The summed E-state index contributed by atoms with van der Waals surface area (Å²) in [6, 6.07) is 24.9. The minimum atomic E-state index is 0.313. The molecule has 0 fully saturated rings. The van der Waals surface area contributed by atoms with E-state index in [2.05, 4.69) is 80.6 Å². The summed E-state index contributed by atoms with van der Waals surface area (Å²) in [5.41, 5.74) is 3.90. The highest BCUT2D eigenvalue weighted by Gasteiger charge is 2.04. The Hall–Kier alpha value is -1.90. The molecule has 3 rings (SSSR count). The van der Waals surface area contributed by atoms with Crippen molar-refractivity contribution < 1.29 is 4.43 Å². The summed E-state index contributed by atoms with van der Waals surface area (Å²) in [5, 5.41) is 2.60. The normalized spacial score (nSPS) is 11.2. The highest BCUT2D eigenvalue weighted by Crippen LogP contribution is 2.28. The topological polar surface area (TPSA) is 9.23 Å². The van der Waals surface area contributed by atoms with Crippen molar-refractivity contribution in [2.45, 2.75) is 26.0 Å². The Morgan fingerprint density at radius 2 is 1.59 bits per heavy atom. The maximum Gasteiger partial charge on any atom is 0.234 e. The highest BCUT2D eigenvalue weighted by atomic mass is 28.2. The minimum absolute atomic E-state index is 0.313. The second kappa shape index (κ2) is 6.90. The summed E-state index contributed by atoms with van der Waals surface area (Å²) in [6.45, 7) is 4.16. The average Bonchev–Trinajstić information content (AvgIpc) is 2.55. The summed E-state index contributed by atoms with van der Waals surface area (Å²) < 4.78 is 5.65. The van der Waals surface area contributed by atoms with Gasteiger partial charge in [-0.2, -0.15) is 0 Å². The first-order valence-corrected chi connectivity index (χ1v) is 8.81. The fraction of sp³-hybridized carbons (Fsp3) is 0.200. The lowest BCUT2D eigenvalue weighted by molar-refractivity contribution is 0.255. The van der Waals surface area contributed by atoms with Gasteiger partial charge in [-0.3, -0.25) is 0 Å². The van der Waals surface area contributed by atoms with E-state index in [-0.39, 0.29) is 0 Å². The molecule has 0 aliphatic rings. The number of hydrogen-bond donors (Lipinski definition) is 0. The van der Waals surface area contributed by atoms with E-state index in [1.165, 1.54) is 27.5 Å². The lowest BCUT2D eigenvalue weighted by Crippen LogP contribution is -2.09. The third-order valence-electron chi connectivity index (χ3n) is 3.65. The van der Waals surface area contributed by atoms with Gasteiger partial charge in [-0.15, -0.1) is 0 Å². The first-order chi connectivity index (χ1) is 10.7. The van der Waals surface area contributed by atoms with Crippen molar-refractivity contribution in [1.82, 2.24) is 0 Å². The maximum absolute atomic E-state index is 5.65. The molecule has 0 amide bonds. The molecule has 0 atom stereocenters. The van der Waals surface area contributed by atoms with Crippen LogP contribution in [-0.4, -0.2) is 15.9 Å². The molecule has 0 N–H and O–H groups in total. The summed E-state index contributed by atoms with van der Waals surface area (Å²) >= 11 is 0. The number of fused-ring (bicyclic) bond motifs is 1. The van der Waals surface area contributed by atoms with E-state index in [4.69, 9.17) is 4.43 Å². The first kappa shape index (κ1) is 15.0. The summed E-state index contributed by atoms with van der Waals surface area (Å²) in [6.07, 6.45) is 0.313. The van der Waals surface area contributed by atoms with E-state index < -0.39 is 0 Å². The van der Waals surface area contributed by atoms with Crippen molar-refractivity contribution >= 4 is 20.5 Å². The second-order valence-corrected chi connectivity index (χ2v) is 6.59. The fourth-order valence-corrected chi connectivity index (χ4v) is 3.39. The van der Waals surface area contributed by atoms with Crippen LogP contribution in [0.2, 0.25) is 0 Å². The molecule has 0 unspecified atom stereocenters. The maximum atomic E-state index is 5.65. The summed E-state index contributed by atoms with van der Waals surface area (Å²) in [5.74, 6) is 0. The average molecular weight is 304 g/mol. The first-order valence-electron chi connectivity index (χ1n) is 7.69. The zero-order valence-electron chi connectivity index (χ0n) is 13.0. The van der Waals surface area contributed by atoms with E-state index in [0.29, 0.717) is 15.9 Å². The molecular formula is C20H20OSi. The Balaban J connectivity index is 1.83. The van der Waals surface area contributed by atoms with E-state index in [1.807, 2.05) is 0 Å². The number of rotatable bonds is 5. The van der Waals surface area contributed by atoms with E-state index in [0.717, 1.165) is 6.04 Å². The molecule has 2 heteroatoms. The monoisotopic (exact) mass is 304 g/mol. The quantitative estimate of drug-likeness (QED) is 0.599. The van der Waals surface area contributed by atoms with Crippen LogP contribution in [-0.2, 0) is 10.5 Å². The van der Waals surface area contributed by atoms with Gasteiger partial charge in [0.05, 0.1) is 0 Å². The van der Waals surface area contributed by atoms with Gasteiger partial charge in [0, 0.05) is 6.10 Å². The van der Waals surface area contributed by atoms with Gasteiger partial charge in [-0.05, 0) is 47.4 Å². The molecule has 3 aromatic carbocycles. The van der Waals surface area contributed by atoms with Crippen LogP contribution < -0.4 is 0 Å². The summed E-state index contributed by atoms with van der Waals surface area (Å²) in [7, 11) is 0.538. The Bertz CT molecular complexity index is 742. The largest absolute Gasteiger partial charge is 0.415 e. The van der Waals surface area contributed by atoms with Crippen molar-refractivity contribution in [3.63, 3.8) is 0 Å². The Morgan fingerprint density at radius 1 is 0.864 bits per heavy atom. The van der Waals surface area contributed by atoms with Crippen LogP contribution in [0.25, 0.3) is 21.9 Å². The van der Waals surface area contributed by atoms with Crippen LogP contribution in [0, 0.1) is 0 Å². The molecule has 3 aromatic rings. The smallest absolute Gasteiger partial charge is 0.234 e. The van der Waals surface area contributed by atoms with Crippen molar-refractivity contribution in [2.24, 2.45) is 0 Å². The van der Waals surface area contributed by atoms with Gasteiger partial charge in [0.25, 0.3) is 0 Å². The Morgan fingerprint density at radius 3 is 2.36 bits per heavy atom. The van der Waals surface area contributed by atoms with Crippen LogP contribution in [0.5, 0.6) is 0 Å². The van der Waals surface area contributed by atoms with Gasteiger partial charge in [0.15, 0.2) is 0 Å². The van der Waals surface area contributed by atoms with Crippen LogP contribution in [0.4, 0.5) is 0 Å². The molecule has 0 saturated heterocycles. The third kappa shape index (κ3) is 3.46. The van der Waals surface area contributed by atoms with Gasteiger partial charge in [0.2, 0.25) is 9.76 Å². The van der Waals surface area contributed by atoms with E-state index in [1.54, 1.807) is 0 Å². The van der Waals surface area contributed by atoms with Crippen molar-refractivity contribution in [1.29, 1.82) is 0 Å². The lowest BCUT2D eigenvalue weighted by atomic mass is 9.98.